The molecule has 2 N–H and O–H groups in total. The summed E-state index contributed by atoms with van der Waals surface area (Å²) in [5.41, 5.74) is 2.16. The highest BCUT2D eigenvalue weighted by molar-refractivity contribution is 9.10. The Kier molecular flexibility index (Phi) is 6.31. The Hall–Kier alpha value is -2.58. The van der Waals surface area contributed by atoms with Crippen molar-refractivity contribution in [1.29, 1.82) is 0 Å². The van der Waals surface area contributed by atoms with Crippen molar-refractivity contribution in [2.24, 2.45) is 0 Å². The number of halogens is 1. The Balaban J connectivity index is 1.72. The molecule has 1 fully saturated rings. The number of nitrogens with one attached hydrogen (secondary N) is 1. The van der Waals surface area contributed by atoms with Gasteiger partial charge in [-0.15, -0.1) is 0 Å². The van der Waals surface area contributed by atoms with E-state index in [1.807, 2.05) is 24.3 Å². The summed E-state index contributed by atoms with van der Waals surface area (Å²) in [6.45, 7) is 1.25. The lowest BCUT2D eigenvalue weighted by atomic mass is 10.2. The van der Waals surface area contributed by atoms with Crippen LogP contribution in [-0.2, 0) is 11.3 Å². The fourth-order valence-corrected chi connectivity index (χ4v) is 3.20. The fraction of sp³-hybridized carbons (Fsp3) is 0.263. The summed E-state index contributed by atoms with van der Waals surface area (Å²) in [7, 11) is 0. The van der Waals surface area contributed by atoms with Crippen LogP contribution in [0, 0.1) is 0 Å². The van der Waals surface area contributed by atoms with Gasteiger partial charge >= 0.3 is 12.1 Å². The van der Waals surface area contributed by atoms with Crippen LogP contribution in [0.25, 0.3) is 0 Å². The van der Waals surface area contributed by atoms with Crippen molar-refractivity contribution in [2.75, 3.05) is 36.5 Å². The van der Waals surface area contributed by atoms with Gasteiger partial charge in [-0.1, -0.05) is 40.2 Å². The number of ether oxygens (including phenoxy) is 1. The van der Waals surface area contributed by atoms with E-state index in [1.54, 1.807) is 24.3 Å². The topological polar surface area (TPSA) is 82.1 Å². The van der Waals surface area contributed by atoms with Crippen LogP contribution in [0.2, 0.25) is 0 Å². The predicted molar refractivity (Wildman–Crippen MR) is 106 cm³/mol. The number of aliphatic hydroxyl groups excluding tert-OH is 1. The molecule has 8 heteroatoms. The summed E-state index contributed by atoms with van der Waals surface area (Å²) in [6, 6.07) is 14.3. The molecule has 0 saturated carbocycles. The number of nitrogens with zero attached hydrogens (tertiary/aromatic N) is 2. The van der Waals surface area contributed by atoms with Gasteiger partial charge in [-0.25, -0.2) is 9.59 Å². The number of carbonyl (C=O) groups is 2. The van der Waals surface area contributed by atoms with E-state index in [9.17, 15) is 14.7 Å². The van der Waals surface area contributed by atoms with E-state index in [0.717, 1.165) is 10.0 Å². The van der Waals surface area contributed by atoms with Gasteiger partial charge in [0, 0.05) is 28.9 Å². The molecular formula is C19H20BrN3O4. The Morgan fingerprint density at radius 1 is 1.26 bits per heavy atom. The van der Waals surface area contributed by atoms with Crippen molar-refractivity contribution in [1.82, 2.24) is 4.90 Å². The quantitative estimate of drug-likeness (QED) is 0.730. The summed E-state index contributed by atoms with van der Waals surface area (Å²) in [4.78, 5) is 27.5. The Bertz CT molecular complexity index is 830. The third-order valence-corrected chi connectivity index (χ3v) is 4.92. The monoisotopic (exact) mass is 433 g/mol. The van der Waals surface area contributed by atoms with Gasteiger partial charge < -0.3 is 20.1 Å². The van der Waals surface area contributed by atoms with E-state index in [2.05, 4.69) is 21.2 Å². The number of rotatable bonds is 6. The van der Waals surface area contributed by atoms with Gasteiger partial charge in [0.1, 0.15) is 6.61 Å². The maximum atomic E-state index is 12.7. The van der Waals surface area contributed by atoms with Gasteiger partial charge in [-0.05, 0) is 29.8 Å². The lowest BCUT2D eigenvalue weighted by Crippen LogP contribution is -2.36. The van der Waals surface area contributed by atoms with E-state index in [4.69, 9.17) is 4.74 Å². The van der Waals surface area contributed by atoms with E-state index in [-0.39, 0.29) is 19.2 Å². The molecule has 0 bridgehead atoms. The fourth-order valence-electron chi connectivity index (χ4n) is 2.79. The first-order chi connectivity index (χ1) is 13.1. The highest BCUT2D eigenvalue weighted by Crippen LogP contribution is 2.23. The molecule has 7 nitrogen and oxygen atoms in total. The minimum atomic E-state index is -0.394. The summed E-state index contributed by atoms with van der Waals surface area (Å²) >= 11 is 3.47. The van der Waals surface area contributed by atoms with Crippen LogP contribution in [0.15, 0.2) is 53.0 Å². The normalized spacial score (nSPS) is 13.4. The number of carbonyl (C=O) groups excluding carboxylic acids is 2. The number of hydrogen-bond donors (Lipinski definition) is 2. The summed E-state index contributed by atoms with van der Waals surface area (Å²) in [6.07, 6.45) is -0.394. The molecule has 0 spiro atoms. The number of cyclic esters (lactones) is 1. The largest absolute Gasteiger partial charge is 0.447 e. The highest BCUT2D eigenvalue weighted by atomic mass is 79.9. The van der Waals surface area contributed by atoms with Crippen molar-refractivity contribution >= 4 is 39.4 Å². The zero-order chi connectivity index (χ0) is 19.2. The SMILES string of the molecule is O=C(Nc1cccc(N2CCOC2=O)c1)N(CCO)Cc1ccccc1Br. The Morgan fingerprint density at radius 2 is 2.07 bits per heavy atom. The number of aliphatic hydroxyl groups is 1. The number of urea groups is 1. The molecule has 0 unspecified atom stereocenters. The van der Waals surface area contributed by atoms with Gasteiger partial charge in [-0.2, -0.15) is 0 Å². The maximum absolute atomic E-state index is 12.7. The van der Waals surface area contributed by atoms with Gasteiger partial charge in [0.05, 0.1) is 13.2 Å². The van der Waals surface area contributed by atoms with Crippen molar-refractivity contribution < 1.29 is 19.4 Å². The molecule has 0 aromatic heterocycles. The second-order valence-corrected chi connectivity index (χ2v) is 6.84. The Morgan fingerprint density at radius 3 is 2.78 bits per heavy atom. The highest BCUT2D eigenvalue weighted by Gasteiger charge is 2.24. The third kappa shape index (κ3) is 4.78. The standard InChI is InChI=1S/C19H20BrN3O4/c20-17-7-2-1-4-14(17)13-22(8-10-24)18(25)21-15-5-3-6-16(12-15)23-9-11-27-19(23)26/h1-7,12,24H,8-11,13H2,(H,21,25). The van der Waals surface area contributed by atoms with Gasteiger partial charge in [0.25, 0.3) is 0 Å². The maximum Gasteiger partial charge on any atom is 0.414 e. The van der Waals surface area contributed by atoms with Crippen molar-refractivity contribution in [3.8, 4) is 0 Å². The first-order valence-electron chi connectivity index (χ1n) is 8.53. The van der Waals surface area contributed by atoms with Gasteiger partial charge in [-0.3, -0.25) is 4.90 Å². The molecule has 1 aliphatic heterocycles. The summed E-state index contributed by atoms with van der Waals surface area (Å²) < 4.78 is 5.85. The lowest BCUT2D eigenvalue weighted by Gasteiger charge is -2.23. The summed E-state index contributed by atoms with van der Waals surface area (Å²) in [5.74, 6) is 0. The van der Waals surface area contributed by atoms with E-state index in [0.29, 0.717) is 31.1 Å². The van der Waals surface area contributed by atoms with E-state index >= 15 is 0 Å². The van der Waals surface area contributed by atoms with Crippen molar-refractivity contribution in [3.05, 3.63) is 58.6 Å². The third-order valence-electron chi connectivity index (χ3n) is 4.15. The van der Waals surface area contributed by atoms with Crippen LogP contribution < -0.4 is 10.2 Å². The van der Waals surface area contributed by atoms with Crippen LogP contribution in [0.5, 0.6) is 0 Å². The average molecular weight is 434 g/mol. The molecule has 1 saturated heterocycles. The predicted octanol–water partition coefficient (Wildman–Crippen LogP) is 3.43. The molecular weight excluding hydrogens is 414 g/mol. The second kappa shape index (κ2) is 8.88. The first-order valence-corrected chi connectivity index (χ1v) is 9.32. The van der Waals surface area contributed by atoms with Crippen molar-refractivity contribution in [3.63, 3.8) is 0 Å². The molecule has 2 aromatic rings. The average Bonchev–Trinajstić information content (AvgIpc) is 3.09. The first kappa shape index (κ1) is 19.2. The van der Waals surface area contributed by atoms with Crippen LogP contribution in [0.3, 0.4) is 0 Å². The Labute approximate surface area is 165 Å². The smallest absolute Gasteiger partial charge is 0.414 e. The van der Waals surface area contributed by atoms with Gasteiger partial charge in [0.15, 0.2) is 0 Å². The summed E-state index contributed by atoms with van der Waals surface area (Å²) in [5, 5.41) is 12.2. The minimum absolute atomic E-state index is 0.141. The van der Waals surface area contributed by atoms with Gasteiger partial charge in [0.2, 0.25) is 0 Å². The number of anilines is 2. The van der Waals surface area contributed by atoms with Crippen LogP contribution in [0.1, 0.15) is 5.56 Å². The molecule has 142 valence electrons. The van der Waals surface area contributed by atoms with Crippen molar-refractivity contribution in [2.45, 2.75) is 6.54 Å². The molecule has 1 aliphatic rings. The van der Waals surface area contributed by atoms with Crippen LogP contribution in [0.4, 0.5) is 21.0 Å². The lowest BCUT2D eigenvalue weighted by molar-refractivity contribution is 0.181. The minimum Gasteiger partial charge on any atom is -0.447 e. The number of benzene rings is 2. The number of amides is 3. The molecule has 0 radical (unpaired) electrons. The zero-order valence-electron chi connectivity index (χ0n) is 14.6. The molecule has 3 rings (SSSR count). The van der Waals surface area contributed by atoms with Crippen LogP contribution in [-0.4, -0.2) is 48.4 Å². The molecule has 3 amide bonds. The van der Waals surface area contributed by atoms with E-state index < -0.39 is 6.09 Å². The molecule has 27 heavy (non-hydrogen) atoms. The van der Waals surface area contributed by atoms with Crippen LogP contribution >= 0.6 is 15.9 Å². The van der Waals surface area contributed by atoms with E-state index in [1.165, 1.54) is 9.80 Å². The zero-order valence-corrected chi connectivity index (χ0v) is 16.2. The second-order valence-electron chi connectivity index (χ2n) is 5.98. The molecule has 2 aromatic carbocycles. The number of hydrogen-bond acceptors (Lipinski definition) is 4. The molecule has 0 aliphatic carbocycles. The molecule has 1 heterocycles. The molecule has 0 atom stereocenters.